The Labute approximate surface area is 154 Å². The first-order chi connectivity index (χ1) is 12.5. The van der Waals surface area contributed by atoms with Crippen LogP contribution < -0.4 is 14.8 Å². The Kier molecular flexibility index (Phi) is 5.35. The number of hydrogen-bond donors (Lipinski definition) is 1. The average Bonchev–Trinajstić information content (AvgIpc) is 2.64. The third-order valence-electron chi connectivity index (χ3n) is 4.46. The lowest BCUT2D eigenvalue weighted by Crippen LogP contribution is -2.46. The highest BCUT2D eigenvalue weighted by molar-refractivity contribution is 5.69. The van der Waals surface area contributed by atoms with Gasteiger partial charge in [0.15, 0.2) is 11.5 Å². The second kappa shape index (κ2) is 7.68. The zero-order valence-corrected chi connectivity index (χ0v) is 15.5. The molecule has 5 heteroatoms. The zero-order valence-electron chi connectivity index (χ0n) is 15.5. The molecule has 26 heavy (non-hydrogen) atoms. The summed E-state index contributed by atoms with van der Waals surface area (Å²) in [5.41, 5.74) is 1.85. The summed E-state index contributed by atoms with van der Waals surface area (Å²) in [4.78, 5) is 11.7. The molecule has 0 aliphatic carbocycles. The summed E-state index contributed by atoms with van der Waals surface area (Å²) in [6.45, 7) is 7.45. The molecule has 2 aromatic rings. The molecule has 1 saturated heterocycles. The molecule has 1 aliphatic heterocycles. The summed E-state index contributed by atoms with van der Waals surface area (Å²) in [6.07, 6.45) is -0.392. The number of amides is 1. The summed E-state index contributed by atoms with van der Waals surface area (Å²) in [5.74, 6) is 1.37. The number of hydrogen-bond acceptors (Lipinski definition) is 4. The van der Waals surface area contributed by atoms with Gasteiger partial charge in [0.25, 0.3) is 0 Å². The molecule has 1 N–H and O–H groups in total. The van der Waals surface area contributed by atoms with Gasteiger partial charge < -0.3 is 19.5 Å². The van der Waals surface area contributed by atoms with Gasteiger partial charge in [-0.2, -0.15) is 0 Å². The second-order valence-electron chi connectivity index (χ2n) is 7.06. The molecule has 5 nitrogen and oxygen atoms in total. The van der Waals surface area contributed by atoms with E-state index in [9.17, 15) is 4.79 Å². The Balaban J connectivity index is 1.83. The topological polar surface area (TPSA) is 56.8 Å². The maximum atomic E-state index is 11.7. The third-order valence-corrected chi connectivity index (χ3v) is 4.46. The van der Waals surface area contributed by atoms with Gasteiger partial charge in [-0.25, -0.2) is 4.79 Å². The van der Waals surface area contributed by atoms with Crippen LogP contribution in [0.25, 0.3) is 0 Å². The molecule has 0 saturated carbocycles. The lowest BCUT2D eigenvalue weighted by Gasteiger charge is -2.38. The average molecular weight is 355 g/mol. The summed E-state index contributed by atoms with van der Waals surface area (Å²) < 4.78 is 16.9. The van der Waals surface area contributed by atoms with Crippen molar-refractivity contribution in [3.63, 3.8) is 0 Å². The minimum Gasteiger partial charge on any atom is -0.490 e. The number of nitrogens with one attached hydrogen (secondary N) is 1. The van der Waals surface area contributed by atoms with Crippen LogP contribution in [0, 0.1) is 5.41 Å². The fourth-order valence-corrected chi connectivity index (χ4v) is 3.05. The van der Waals surface area contributed by atoms with Crippen LogP contribution in [-0.4, -0.2) is 19.3 Å². The predicted octanol–water partition coefficient (Wildman–Crippen LogP) is 4.47. The Morgan fingerprint density at radius 1 is 1.12 bits per heavy atom. The Morgan fingerprint density at radius 3 is 2.62 bits per heavy atom. The number of carbonyl (C=O) groups is 1. The highest BCUT2D eigenvalue weighted by Crippen LogP contribution is 2.39. The molecule has 2 aromatic carbocycles. The molecule has 1 heterocycles. The van der Waals surface area contributed by atoms with Crippen molar-refractivity contribution >= 4 is 6.09 Å². The van der Waals surface area contributed by atoms with E-state index in [1.807, 2.05) is 55.5 Å². The van der Waals surface area contributed by atoms with Crippen LogP contribution in [0.4, 0.5) is 4.79 Å². The molecule has 1 fully saturated rings. The lowest BCUT2D eigenvalue weighted by atomic mass is 9.80. The summed E-state index contributed by atoms with van der Waals surface area (Å²) >= 11 is 0. The van der Waals surface area contributed by atoms with Crippen LogP contribution in [0.15, 0.2) is 48.5 Å². The van der Waals surface area contributed by atoms with Crippen molar-refractivity contribution in [2.75, 3.05) is 13.2 Å². The molecule has 138 valence electrons. The summed E-state index contributed by atoms with van der Waals surface area (Å²) in [5, 5.41) is 2.91. The Morgan fingerprint density at radius 2 is 1.88 bits per heavy atom. The quantitative estimate of drug-likeness (QED) is 0.830. The number of rotatable bonds is 6. The van der Waals surface area contributed by atoms with Crippen LogP contribution in [0.3, 0.4) is 0 Å². The fourth-order valence-electron chi connectivity index (χ4n) is 3.05. The molecule has 0 unspecified atom stereocenters. The number of cyclic esters (lactones) is 1. The largest absolute Gasteiger partial charge is 0.490 e. The van der Waals surface area contributed by atoms with Gasteiger partial charge in [0.2, 0.25) is 0 Å². The third kappa shape index (κ3) is 4.10. The second-order valence-corrected chi connectivity index (χ2v) is 7.06. The first kappa shape index (κ1) is 18.1. The number of ether oxygens (including phenoxy) is 3. The standard InChI is InChI=1S/C21H25NO4/c1-4-24-18-12-16(19-21(2,3)14-26-20(23)22-19)10-11-17(18)25-13-15-8-6-5-7-9-15/h5-12,19H,4,13-14H2,1-3H3,(H,22,23)/t19-/m0/s1. The van der Waals surface area contributed by atoms with Gasteiger partial charge in [-0.15, -0.1) is 0 Å². The van der Waals surface area contributed by atoms with Crippen molar-refractivity contribution in [2.45, 2.75) is 33.4 Å². The van der Waals surface area contributed by atoms with Gasteiger partial charge >= 0.3 is 6.09 Å². The smallest absolute Gasteiger partial charge is 0.407 e. The molecular formula is C21H25NO4. The van der Waals surface area contributed by atoms with Gasteiger partial charge in [-0.1, -0.05) is 50.2 Å². The van der Waals surface area contributed by atoms with Gasteiger partial charge in [0, 0.05) is 5.41 Å². The molecular weight excluding hydrogens is 330 g/mol. The van der Waals surface area contributed by atoms with Gasteiger partial charge in [-0.05, 0) is 30.2 Å². The molecule has 3 rings (SSSR count). The molecule has 0 aromatic heterocycles. The first-order valence-electron chi connectivity index (χ1n) is 8.86. The highest BCUT2D eigenvalue weighted by Gasteiger charge is 2.38. The molecule has 0 spiro atoms. The predicted molar refractivity (Wildman–Crippen MR) is 99.4 cm³/mol. The maximum absolute atomic E-state index is 11.7. The molecule has 1 aliphatic rings. The van der Waals surface area contributed by atoms with E-state index in [-0.39, 0.29) is 11.5 Å². The number of alkyl carbamates (subject to hydrolysis) is 1. The molecule has 0 bridgehead atoms. The number of carbonyl (C=O) groups excluding carboxylic acids is 1. The van der Waals surface area contributed by atoms with Gasteiger partial charge in [0.1, 0.15) is 13.2 Å². The van der Waals surface area contributed by atoms with Crippen molar-refractivity contribution in [3.8, 4) is 11.5 Å². The van der Waals surface area contributed by atoms with Crippen molar-refractivity contribution < 1.29 is 19.0 Å². The van der Waals surface area contributed by atoms with E-state index >= 15 is 0 Å². The summed E-state index contributed by atoms with van der Waals surface area (Å²) in [7, 11) is 0. The van der Waals surface area contributed by atoms with Gasteiger partial charge in [-0.3, -0.25) is 0 Å². The van der Waals surface area contributed by atoms with E-state index in [0.717, 1.165) is 11.1 Å². The first-order valence-corrected chi connectivity index (χ1v) is 8.86. The van der Waals surface area contributed by atoms with E-state index < -0.39 is 6.09 Å². The van der Waals surface area contributed by atoms with Crippen molar-refractivity contribution in [1.82, 2.24) is 5.32 Å². The normalized spacial score (nSPS) is 18.6. The molecule has 0 radical (unpaired) electrons. The van der Waals surface area contributed by atoms with Crippen molar-refractivity contribution in [3.05, 3.63) is 59.7 Å². The van der Waals surface area contributed by atoms with E-state index in [1.54, 1.807) is 0 Å². The van der Waals surface area contributed by atoms with E-state index in [2.05, 4.69) is 19.2 Å². The monoisotopic (exact) mass is 355 g/mol. The van der Waals surface area contributed by atoms with Crippen molar-refractivity contribution in [1.29, 1.82) is 0 Å². The zero-order chi connectivity index (χ0) is 18.6. The van der Waals surface area contributed by atoms with Crippen LogP contribution in [0.2, 0.25) is 0 Å². The Bertz CT molecular complexity index is 758. The van der Waals surface area contributed by atoms with Crippen LogP contribution >= 0.6 is 0 Å². The van der Waals surface area contributed by atoms with Gasteiger partial charge in [0.05, 0.1) is 12.6 Å². The van der Waals surface area contributed by atoms with Crippen LogP contribution in [0.5, 0.6) is 11.5 Å². The van der Waals surface area contributed by atoms with Crippen LogP contribution in [-0.2, 0) is 11.3 Å². The van der Waals surface area contributed by atoms with E-state index in [0.29, 0.717) is 31.3 Å². The van der Waals surface area contributed by atoms with E-state index in [1.165, 1.54) is 0 Å². The highest BCUT2D eigenvalue weighted by atomic mass is 16.6. The SMILES string of the molecule is CCOc1cc([C@@H]2NC(=O)OCC2(C)C)ccc1OCc1ccccc1. The minimum absolute atomic E-state index is 0.147. The minimum atomic E-state index is -0.392. The molecule has 1 amide bonds. The lowest BCUT2D eigenvalue weighted by molar-refractivity contribution is 0.0386. The molecule has 1 atom stereocenters. The maximum Gasteiger partial charge on any atom is 0.407 e. The fraction of sp³-hybridized carbons (Fsp3) is 0.381. The van der Waals surface area contributed by atoms with E-state index in [4.69, 9.17) is 14.2 Å². The Hall–Kier alpha value is -2.69. The van der Waals surface area contributed by atoms with Crippen molar-refractivity contribution in [2.24, 2.45) is 5.41 Å². The van der Waals surface area contributed by atoms with Crippen LogP contribution in [0.1, 0.15) is 37.9 Å². The summed E-state index contributed by atoms with van der Waals surface area (Å²) in [6, 6.07) is 15.7. The number of benzene rings is 2.